The van der Waals surface area contributed by atoms with E-state index in [9.17, 15) is 0 Å². The van der Waals surface area contributed by atoms with Gasteiger partial charge in [-0.05, 0) is 37.5 Å². The number of guanidine groups is 1. The number of hydrogen-bond donors (Lipinski definition) is 1. The van der Waals surface area contributed by atoms with Gasteiger partial charge in [0.1, 0.15) is 24.0 Å². The summed E-state index contributed by atoms with van der Waals surface area (Å²) in [5.41, 5.74) is 0. The molecule has 2 heterocycles. The molecule has 7 nitrogen and oxygen atoms in total. The fraction of sp³-hybridized carbons (Fsp3) is 0.571. The van der Waals surface area contributed by atoms with Crippen molar-refractivity contribution in [3.63, 3.8) is 0 Å². The molecule has 1 aromatic carbocycles. The monoisotopic (exact) mass is 418 g/mol. The maximum absolute atomic E-state index is 5.98. The number of likely N-dealkylation sites (N-methyl/N-ethyl adjacent to an activating group) is 1. The summed E-state index contributed by atoms with van der Waals surface area (Å²) in [5.74, 6) is 3.91. The van der Waals surface area contributed by atoms with Crippen LogP contribution < -0.4 is 10.1 Å². The zero-order chi connectivity index (χ0) is 20.5. The van der Waals surface area contributed by atoms with Crippen molar-refractivity contribution < 1.29 is 4.74 Å². The Morgan fingerprint density at radius 3 is 3.03 bits per heavy atom. The van der Waals surface area contributed by atoms with E-state index in [2.05, 4.69) is 30.0 Å². The zero-order valence-corrected chi connectivity index (χ0v) is 18.2. The first-order valence-electron chi connectivity index (χ1n) is 10.4. The van der Waals surface area contributed by atoms with Crippen LogP contribution in [0.1, 0.15) is 37.3 Å². The van der Waals surface area contributed by atoms with E-state index >= 15 is 0 Å². The number of aryl methyl sites for hydroxylation is 2. The maximum Gasteiger partial charge on any atom is 0.193 e. The van der Waals surface area contributed by atoms with E-state index in [1.54, 1.807) is 7.05 Å². The van der Waals surface area contributed by atoms with Gasteiger partial charge in [0.25, 0.3) is 0 Å². The Morgan fingerprint density at radius 2 is 2.21 bits per heavy atom. The third kappa shape index (κ3) is 6.35. The van der Waals surface area contributed by atoms with E-state index < -0.39 is 0 Å². The van der Waals surface area contributed by atoms with Gasteiger partial charge >= 0.3 is 0 Å². The van der Waals surface area contributed by atoms with Gasteiger partial charge in [-0.3, -0.25) is 4.99 Å². The van der Waals surface area contributed by atoms with E-state index in [4.69, 9.17) is 16.3 Å². The SMILES string of the molecule is CN=C(NCCCc1nnc2n1CCCCC2)N(C)CCOc1cccc(Cl)c1. The fourth-order valence-corrected chi connectivity index (χ4v) is 3.71. The minimum atomic E-state index is 0.559. The number of fused-ring (bicyclic) bond motifs is 1. The molecule has 1 aliphatic heterocycles. The first-order valence-corrected chi connectivity index (χ1v) is 10.8. The van der Waals surface area contributed by atoms with Crippen LogP contribution in [0.3, 0.4) is 0 Å². The van der Waals surface area contributed by atoms with Crippen LogP contribution in [0.25, 0.3) is 0 Å². The minimum Gasteiger partial charge on any atom is -0.492 e. The molecule has 0 spiro atoms. The summed E-state index contributed by atoms with van der Waals surface area (Å²) in [7, 11) is 3.81. The number of nitrogens with zero attached hydrogens (tertiary/aromatic N) is 5. The Bertz CT molecular complexity index is 806. The number of nitrogens with one attached hydrogen (secondary N) is 1. The second kappa shape index (κ2) is 11.0. The molecule has 0 radical (unpaired) electrons. The fourth-order valence-electron chi connectivity index (χ4n) is 3.52. The van der Waals surface area contributed by atoms with Gasteiger partial charge in [-0.2, -0.15) is 0 Å². The van der Waals surface area contributed by atoms with Crippen LogP contribution in [0.5, 0.6) is 5.75 Å². The highest BCUT2D eigenvalue weighted by atomic mass is 35.5. The van der Waals surface area contributed by atoms with Crippen LogP contribution >= 0.6 is 11.6 Å². The van der Waals surface area contributed by atoms with E-state index in [0.717, 1.165) is 62.3 Å². The third-order valence-electron chi connectivity index (χ3n) is 5.11. The second-order valence-electron chi connectivity index (χ2n) is 7.30. The largest absolute Gasteiger partial charge is 0.492 e. The van der Waals surface area contributed by atoms with Crippen LogP contribution in [-0.2, 0) is 19.4 Å². The van der Waals surface area contributed by atoms with Crippen LogP contribution in [0.15, 0.2) is 29.3 Å². The molecule has 1 aliphatic rings. The molecule has 0 aliphatic carbocycles. The van der Waals surface area contributed by atoms with Crippen LogP contribution in [0.4, 0.5) is 0 Å². The van der Waals surface area contributed by atoms with Gasteiger partial charge in [0.05, 0.1) is 6.54 Å². The Kier molecular flexibility index (Phi) is 8.16. The molecule has 8 heteroatoms. The zero-order valence-electron chi connectivity index (χ0n) is 17.4. The lowest BCUT2D eigenvalue weighted by molar-refractivity contribution is 0.281. The summed E-state index contributed by atoms with van der Waals surface area (Å²) in [6.45, 7) is 3.18. The number of hydrogen-bond acceptors (Lipinski definition) is 4. The number of rotatable bonds is 8. The van der Waals surface area contributed by atoms with Crippen molar-refractivity contribution in [2.45, 2.75) is 45.1 Å². The molecule has 2 aromatic rings. The number of halogens is 1. The van der Waals surface area contributed by atoms with Crippen molar-refractivity contribution in [1.82, 2.24) is 25.0 Å². The molecule has 1 aromatic heterocycles. The van der Waals surface area contributed by atoms with Gasteiger partial charge in [-0.25, -0.2) is 0 Å². The van der Waals surface area contributed by atoms with Crippen molar-refractivity contribution in [1.29, 1.82) is 0 Å². The number of benzene rings is 1. The Morgan fingerprint density at radius 1 is 1.31 bits per heavy atom. The van der Waals surface area contributed by atoms with E-state index in [-0.39, 0.29) is 0 Å². The molecule has 0 unspecified atom stereocenters. The van der Waals surface area contributed by atoms with Gasteiger partial charge in [-0.1, -0.05) is 24.1 Å². The van der Waals surface area contributed by atoms with Gasteiger partial charge in [0.2, 0.25) is 0 Å². The Labute approximate surface area is 178 Å². The smallest absolute Gasteiger partial charge is 0.193 e. The molecular formula is C21H31ClN6O. The van der Waals surface area contributed by atoms with Crippen molar-refractivity contribution >= 4 is 17.6 Å². The first-order chi connectivity index (χ1) is 14.2. The summed E-state index contributed by atoms with van der Waals surface area (Å²) in [5, 5.41) is 12.9. The summed E-state index contributed by atoms with van der Waals surface area (Å²) >= 11 is 5.98. The predicted octanol–water partition coefficient (Wildman–Crippen LogP) is 3.18. The van der Waals surface area contributed by atoms with E-state index in [1.807, 2.05) is 31.3 Å². The maximum atomic E-state index is 5.98. The van der Waals surface area contributed by atoms with Crippen molar-refractivity contribution in [2.75, 3.05) is 33.8 Å². The van der Waals surface area contributed by atoms with Gasteiger partial charge in [0, 0.05) is 45.0 Å². The predicted molar refractivity (Wildman–Crippen MR) is 117 cm³/mol. The van der Waals surface area contributed by atoms with Gasteiger partial charge in [0.15, 0.2) is 5.96 Å². The normalized spacial score (nSPS) is 14.2. The molecule has 3 rings (SSSR count). The van der Waals surface area contributed by atoms with E-state index in [1.165, 1.54) is 19.3 Å². The molecule has 1 N–H and O–H groups in total. The summed E-state index contributed by atoms with van der Waals surface area (Å²) in [6, 6.07) is 7.45. The molecule has 0 saturated carbocycles. The highest BCUT2D eigenvalue weighted by Gasteiger charge is 2.14. The topological polar surface area (TPSA) is 67.6 Å². The molecule has 0 atom stereocenters. The van der Waals surface area contributed by atoms with Crippen LogP contribution in [-0.4, -0.2) is 59.4 Å². The van der Waals surface area contributed by atoms with Crippen molar-refractivity contribution in [3.05, 3.63) is 40.9 Å². The highest BCUT2D eigenvalue weighted by Crippen LogP contribution is 2.17. The number of ether oxygens (including phenoxy) is 1. The summed E-state index contributed by atoms with van der Waals surface area (Å²) in [6.07, 6.45) is 6.71. The number of aliphatic imine (C=N–C) groups is 1. The van der Waals surface area contributed by atoms with Crippen molar-refractivity contribution in [3.8, 4) is 5.75 Å². The van der Waals surface area contributed by atoms with Crippen LogP contribution in [0.2, 0.25) is 5.02 Å². The standard InChI is InChI=1S/C21H31ClN6O/c1-23-21(27(2)14-15-29-18-9-6-8-17(22)16-18)24-12-7-11-20-26-25-19-10-4-3-5-13-28(19)20/h6,8-9,16H,3-5,7,10-15H2,1-2H3,(H,23,24). The van der Waals surface area contributed by atoms with E-state index in [0.29, 0.717) is 11.6 Å². The minimum absolute atomic E-state index is 0.559. The second-order valence-corrected chi connectivity index (χ2v) is 7.74. The molecule has 29 heavy (non-hydrogen) atoms. The third-order valence-corrected chi connectivity index (χ3v) is 5.35. The lowest BCUT2D eigenvalue weighted by Gasteiger charge is -2.22. The average Bonchev–Trinajstić information content (AvgIpc) is 2.94. The molecule has 158 valence electrons. The molecule has 0 fully saturated rings. The van der Waals surface area contributed by atoms with Gasteiger partial charge < -0.3 is 19.5 Å². The first kappa shape index (κ1) is 21.4. The number of aromatic nitrogens is 3. The molecule has 0 bridgehead atoms. The summed E-state index contributed by atoms with van der Waals surface area (Å²) in [4.78, 5) is 6.43. The highest BCUT2D eigenvalue weighted by molar-refractivity contribution is 6.30. The quantitative estimate of drug-likeness (QED) is 0.405. The van der Waals surface area contributed by atoms with Gasteiger partial charge in [-0.15, -0.1) is 10.2 Å². The summed E-state index contributed by atoms with van der Waals surface area (Å²) < 4.78 is 8.08. The Hall–Kier alpha value is -2.28. The Balaban J connectivity index is 1.38. The lowest BCUT2D eigenvalue weighted by atomic mass is 10.2. The van der Waals surface area contributed by atoms with Crippen LogP contribution in [0, 0.1) is 0 Å². The van der Waals surface area contributed by atoms with Crippen molar-refractivity contribution in [2.24, 2.45) is 4.99 Å². The average molecular weight is 419 g/mol. The molecule has 0 saturated heterocycles. The molecular weight excluding hydrogens is 388 g/mol. The molecule has 0 amide bonds. The lowest BCUT2D eigenvalue weighted by Crippen LogP contribution is -2.41.